The Hall–Kier alpha value is -1.75. The standard InChI is InChI=1S/C14H21N3O2/c1-17(10-11-6-4-5-9-19-11)13-8-3-2-7-12(13)14(15)16-18/h2-3,7-8,11,18H,4-6,9-10H2,1H3,(H2,15,16). The first kappa shape index (κ1) is 13.7. The number of nitrogens with two attached hydrogens (primary N) is 1. The van der Waals surface area contributed by atoms with Crippen LogP contribution in [0.15, 0.2) is 29.4 Å². The molecule has 1 atom stereocenters. The third kappa shape index (κ3) is 3.38. The van der Waals surface area contributed by atoms with Gasteiger partial charge in [-0.25, -0.2) is 0 Å². The van der Waals surface area contributed by atoms with Crippen LogP contribution in [-0.2, 0) is 4.74 Å². The summed E-state index contributed by atoms with van der Waals surface area (Å²) in [7, 11) is 2.00. The predicted molar refractivity (Wildman–Crippen MR) is 75.8 cm³/mol. The Morgan fingerprint density at radius 1 is 1.47 bits per heavy atom. The molecule has 1 aliphatic heterocycles. The predicted octanol–water partition coefficient (Wildman–Crippen LogP) is 1.79. The highest BCUT2D eigenvalue weighted by Crippen LogP contribution is 2.21. The number of nitrogens with zero attached hydrogens (tertiary/aromatic N) is 2. The molecule has 0 radical (unpaired) electrons. The Morgan fingerprint density at radius 2 is 2.26 bits per heavy atom. The Morgan fingerprint density at radius 3 is 2.95 bits per heavy atom. The van der Waals surface area contributed by atoms with Crippen LogP contribution in [0.1, 0.15) is 24.8 Å². The normalized spacial score (nSPS) is 20.3. The maximum atomic E-state index is 8.84. The minimum Gasteiger partial charge on any atom is -0.409 e. The van der Waals surface area contributed by atoms with Gasteiger partial charge in [0.15, 0.2) is 5.84 Å². The number of hydrogen-bond donors (Lipinski definition) is 2. The molecule has 1 saturated heterocycles. The van der Waals surface area contributed by atoms with Crippen molar-refractivity contribution in [2.45, 2.75) is 25.4 Å². The van der Waals surface area contributed by atoms with Crippen molar-refractivity contribution in [1.82, 2.24) is 0 Å². The smallest absolute Gasteiger partial charge is 0.172 e. The van der Waals surface area contributed by atoms with Gasteiger partial charge in [0.05, 0.1) is 6.10 Å². The molecular formula is C14H21N3O2. The molecule has 1 aromatic carbocycles. The Balaban J connectivity index is 2.11. The summed E-state index contributed by atoms with van der Waals surface area (Å²) in [5, 5.41) is 11.9. The highest BCUT2D eigenvalue weighted by atomic mass is 16.5. The van der Waals surface area contributed by atoms with Crippen molar-refractivity contribution >= 4 is 11.5 Å². The number of oxime groups is 1. The zero-order valence-corrected chi connectivity index (χ0v) is 11.2. The average Bonchev–Trinajstić information content (AvgIpc) is 2.47. The van der Waals surface area contributed by atoms with Gasteiger partial charge >= 0.3 is 0 Å². The van der Waals surface area contributed by atoms with Crippen LogP contribution in [0.5, 0.6) is 0 Å². The minimum atomic E-state index is 0.131. The largest absolute Gasteiger partial charge is 0.409 e. The maximum Gasteiger partial charge on any atom is 0.172 e. The number of para-hydroxylation sites is 1. The van der Waals surface area contributed by atoms with Crippen molar-refractivity contribution in [3.8, 4) is 0 Å². The third-order valence-electron chi connectivity index (χ3n) is 3.45. The second-order valence-electron chi connectivity index (χ2n) is 4.87. The topological polar surface area (TPSA) is 71.1 Å². The molecule has 1 aliphatic rings. The van der Waals surface area contributed by atoms with Crippen molar-refractivity contribution in [3.63, 3.8) is 0 Å². The third-order valence-corrected chi connectivity index (χ3v) is 3.45. The highest BCUT2D eigenvalue weighted by Gasteiger charge is 2.18. The Kier molecular flexibility index (Phi) is 4.63. The van der Waals surface area contributed by atoms with E-state index in [4.69, 9.17) is 15.7 Å². The van der Waals surface area contributed by atoms with Gasteiger partial charge in [0.2, 0.25) is 0 Å². The fraction of sp³-hybridized carbons (Fsp3) is 0.500. The van der Waals surface area contributed by atoms with Crippen molar-refractivity contribution in [1.29, 1.82) is 0 Å². The summed E-state index contributed by atoms with van der Waals surface area (Å²) in [5.74, 6) is 0.131. The van der Waals surface area contributed by atoms with Crippen LogP contribution in [0.4, 0.5) is 5.69 Å². The molecule has 1 heterocycles. The van der Waals surface area contributed by atoms with Gasteiger partial charge in [-0.1, -0.05) is 17.3 Å². The van der Waals surface area contributed by atoms with Gasteiger partial charge in [-0.15, -0.1) is 0 Å². The van der Waals surface area contributed by atoms with Gasteiger partial charge < -0.3 is 20.6 Å². The van der Waals surface area contributed by atoms with E-state index in [-0.39, 0.29) is 11.9 Å². The molecule has 2 rings (SSSR count). The lowest BCUT2D eigenvalue weighted by Gasteiger charge is -2.29. The van der Waals surface area contributed by atoms with E-state index in [0.29, 0.717) is 0 Å². The fourth-order valence-electron chi connectivity index (χ4n) is 2.43. The molecule has 5 nitrogen and oxygen atoms in total. The Bertz CT molecular complexity index is 442. The van der Waals surface area contributed by atoms with E-state index in [0.717, 1.165) is 37.2 Å². The molecule has 19 heavy (non-hydrogen) atoms. The summed E-state index contributed by atoms with van der Waals surface area (Å²) in [6, 6.07) is 7.64. The molecule has 0 aromatic heterocycles. The van der Waals surface area contributed by atoms with Crippen LogP contribution in [0.2, 0.25) is 0 Å². The molecule has 5 heteroatoms. The van der Waals surface area contributed by atoms with E-state index in [1.165, 1.54) is 6.42 Å². The number of anilines is 1. The molecule has 0 aliphatic carbocycles. The molecule has 0 spiro atoms. The van der Waals surface area contributed by atoms with E-state index >= 15 is 0 Å². The van der Waals surface area contributed by atoms with Crippen LogP contribution in [0.25, 0.3) is 0 Å². The SMILES string of the molecule is CN(CC1CCCCO1)c1ccccc1C(N)=NO. The molecule has 0 saturated carbocycles. The Labute approximate surface area is 113 Å². The fourth-order valence-corrected chi connectivity index (χ4v) is 2.43. The van der Waals surface area contributed by atoms with E-state index in [1.807, 2.05) is 31.3 Å². The van der Waals surface area contributed by atoms with Crippen LogP contribution in [0, 0.1) is 0 Å². The summed E-state index contributed by atoms with van der Waals surface area (Å²) >= 11 is 0. The highest BCUT2D eigenvalue weighted by molar-refractivity contribution is 6.02. The van der Waals surface area contributed by atoms with Gasteiger partial charge in [0, 0.05) is 31.5 Å². The molecule has 0 bridgehead atoms. The summed E-state index contributed by atoms with van der Waals surface area (Å²) in [6.45, 7) is 1.66. The quantitative estimate of drug-likeness (QED) is 0.376. The molecule has 0 amide bonds. The van der Waals surface area contributed by atoms with E-state index < -0.39 is 0 Å². The number of ether oxygens (including phenoxy) is 1. The number of hydrogen-bond acceptors (Lipinski definition) is 4. The lowest BCUT2D eigenvalue weighted by atomic mass is 10.1. The van der Waals surface area contributed by atoms with Crippen molar-refractivity contribution in [2.75, 3.05) is 25.1 Å². The number of rotatable bonds is 4. The van der Waals surface area contributed by atoms with Gasteiger partial charge in [0.1, 0.15) is 0 Å². The number of benzene rings is 1. The van der Waals surface area contributed by atoms with E-state index in [1.54, 1.807) is 0 Å². The van der Waals surface area contributed by atoms with Crippen LogP contribution >= 0.6 is 0 Å². The second-order valence-corrected chi connectivity index (χ2v) is 4.87. The van der Waals surface area contributed by atoms with Crippen LogP contribution in [0.3, 0.4) is 0 Å². The molecule has 104 valence electrons. The molecular weight excluding hydrogens is 242 g/mol. The first-order chi connectivity index (χ1) is 9.22. The molecule has 1 aromatic rings. The monoisotopic (exact) mass is 263 g/mol. The zero-order chi connectivity index (χ0) is 13.7. The van der Waals surface area contributed by atoms with Crippen molar-refractivity contribution in [3.05, 3.63) is 29.8 Å². The van der Waals surface area contributed by atoms with E-state index in [9.17, 15) is 0 Å². The van der Waals surface area contributed by atoms with E-state index in [2.05, 4.69) is 10.1 Å². The van der Waals surface area contributed by atoms with Gasteiger partial charge in [0.25, 0.3) is 0 Å². The number of likely N-dealkylation sites (N-methyl/N-ethyl adjacent to an activating group) is 1. The molecule has 1 fully saturated rings. The van der Waals surface area contributed by atoms with Gasteiger partial charge in [-0.3, -0.25) is 0 Å². The van der Waals surface area contributed by atoms with Crippen molar-refractivity contribution < 1.29 is 9.94 Å². The molecule has 3 N–H and O–H groups in total. The number of amidine groups is 1. The first-order valence-corrected chi connectivity index (χ1v) is 6.62. The summed E-state index contributed by atoms with van der Waals surface area (Å²) in [5.41, 5.74) is 7.40. The van der Waals surface area contributed by atoms with Crippen molar-refractivity contribution in [2.24, 2.45) is 10.9 Å². The second kappa shape index (κ2) is 6.43. The first-order valence-electron chi connectivity index (χ1n) is 6.62. The lowest BCUT2D eigenvalue weighted by molar-refractivity contribution is 0.0216. The zero-order valence-electron chi connectivity index (χ0n) is 11.2. The van der Waals surface area contributed by atoms with Gasteiger partial charge in [-0.05, 0) is 31.4 Å². The molecule has 1 unspecified atom stereocenters. The maximum absolute atomic E-state index is 8.84. The summed E-state index contributed by atoms with van der Waals surface area (Å²) in [4.78, 5) is 2.10. The lowest BCUT2D eigenvalue weighted by Crippen LogP contribution is -2.34. The van der Waals surface area contributed by atoms with Crippen LogP contribution < -0.4 is 10.6 Å². The summed E-state index contributed by atoms with van der Waals surface area (Å²) in [6.07, 6.45) is 3.73. The minimum absolute atomic E-state index is 0.131. The van der Waals surface area contributed by atoms with Crippen LogP contribution in [-0.4, -0.2) is 37.3 Å². The van der Waals surface area contributed by atoms with Gasteiger partial charge in [-0.2, -0.15) is 0 Å². The average molecular weight is 263 g/mol. The summed E-state index contributed by atoms with van der Waals surface area (Å²) < 4.78 is 5.74.